The van der Waals surface area contributed by atoms with E-state index in [1.54, 1.807) is 6.07 Å². The molecule has 0 aliphatic heterocycles. The molecule has 4 N–H and O–H groups in total. The second kappa shape index (κ2) is 6.21. The van der Waals surface area contributed by atoms with Gasteiger partial charge in [-0.3, -0.25) is 9.59 Å². The Balaban J connectivity index is 2.11. The topological polar surface area (TPSA) is 97.1 Å². The number of amides is 2. The van der Waals surface area contributed by atoms with Crippen LogP contribution in [0.5, 0.6) is 0 Å². The molecule has 0 spiro atoms. The van der Waals surface area contributed by atoms with E-state index in [-0.39, 0.29) is 24.2 Å². The van der Waals surface area contributed by atoms with Gasteiger partial charge in [0.2, 0.25) is 5.91 Å². The van der Waals surface area contributed by atoms with Crippen molar-refractivity contribution < 1.29 is 9.59 Å². The minimum atomic E-state index is -0.425. The van der Waals surface area contributed by atoms with Crippen LogP contribution in [0, 0.1) is 0 Å². The van der Waals surface area contributed by atoms with Crippen molar-refractivity contribution in [2.24, 2.45) is 0 Å². The van der Waals surface area contributed by atoms with E-state index in [1.165, 1.54) is 0 Å². The highest BCUT2D eigenvalue weighted by atomic mass is 16.2. The fourth-order valence-electron chi connectivity index (χ4n) is 1.97. The standard InChI is InChI=1S/C15H18N4O2/c1-9(2)18-13(20)8-17-15(21)12-7-10-5-3-4-6-11(10)14(16)19-12/h3-7,9H,8H2,1-2H3,(H2,16,19)(H,17,21)(H,18,20). The summed E-state index contributed by atoms with van der Waals surface area (Å²) in [5.41, 5.74) is 6.04. The zero-order valence-corrected chi connectivity index (χ0v) is 12.0. The molecule has 0 saturated heterocycles. The summed E-state index contributed by atoms with van der Waals surface area (Å²) in [6.45, 7) is 3.61. The lowest BCUT2D eigenvalue weighted by atomic mass is 10.1. The number of anilines is 1. The average Bonchev–Trinajstić information content (AvgIpc) is 2.44. The lowest BCUT2D eigenvalue weighted by molar-refractivity contribution is -0.120. The molecular formula is C15H18N4O2. The SMILES string of the molecule is CC(C)NC(=O)CNC(=O)c1cc2ccccc2c(N)n1. The van der Waals surface area contributed by atoms with E-state index in [0.717, 1.165) is 10.8 Å². The highest BCUT2D eigenvalue weighted by Gasteiger charge is 2.12. The highest BCUT2D eigenvalue weighted by Crippen LogP contribution is 2.19. The quantitative estimate of drug-likeness (QED) is 0.783. The number of nitrogens with two attached hydrogens (primary N) is 1. The second-order valence-electron chi connectivity index (χ2n) is 5.02. The number of nitrogens with zero attached hydrogens (tertiary/aromatic N) is 1. The predicted octanol–water partition coefficient (Wildman–Crippen LogP) is 1.07. The first-order chi connectivity index (χ1) is 9.97. The minimum Gasteiger partial charge on any atom is -0.383 e. The molecule has 110 valence electrons. The van der Waals surface area contributed by atoms with Crippen molar-refractivity contribution in [1.29, 1.82) is 0 Å². The smallest absolute Gasteiger partial charge is 0.270 e. The number of carbonyl (C=O) groups excluding carboxylic acids is 2. The molecule has 1 aromatic carbocycles. The van der Waals surface area contributed by atoms with E-state index in [4.69, 9.17) is 5.73 Å². The molecule has 0 radical (unpaired) electrons. The lowest BCUT2D eigenvalue weighted by Crippen LogP contribution is -2.40. The summed E-state index contributed by atoms with van der Waals surface area (Å²) >= 11 is 0. The Morgan fingerprint density at radius 3 is 2.71 bits per heavy atom. The van der Waals surface area contributed by atoms with Gasteiger partial charge in [-0.1, -0.05) is 24.3 Å². The summed E-state index contributed by atoms with van der Waals surface area (Å²) in [7, 11) is 0. The number of rotatable bonds is 4. The molecule has 0 fully saturated rings. The molecule has 0 saturated carbocycles. The van der Waals surface area contributed by atoms with Crippen molar-refractivity contribution in [3.05, 3.63) is 36.0 Å². The van der Waals surface area contributed by atoms with Gasteiger partial charge in [-0.25, -0.2) is 4.98 Å². The van der Waals surface area contributed by atoms with Gasteiger partial charge in [0.15, 0.2) is 0 Å². The Kier molecular flexibility index (Phi) is 4.37. The maximum atomic E-state index is 12.0. The molecule has 6 nitrogen and oxygen atoms in total. The zero-order valence-electron chi connectivity index (χ0n) is 12.0. The van der Waals surface area contributed by atoms with E-state index < -0.39 is 5.91 Å². The van der Waals surface area contributed by atoms with Crippen LogP contribution in [0.1, 0.15) is 24.3 Å². The van der Waals surface area contributed by atoms with Crippen LogP contribution in [-0.4, -0.2) is 29.4 Å². The largest absolute Gasteiger partial charge is 0.383 e. The van der Waals surface area contributed by atoms with Crippen molar-refractivity contribution in [2.75, 3.05) is 12.3 Å². The van der Waals surface area contributed by atoms with Crippen LogP contribution in [0.15, 0.2) is 30.3 Å². The van der Waals surface area contributed by atoms with Gasteiger partial charge in [-0.05, 0) is 25.3 Å². The van der Waals surface area contributed by atoms with Gasteiger partial charge in [0.25, 0.3) is 5.91 Å². The molecule has 0 unspecified atom stereocenters. The Morgan fingerprint density at radius 2 is 2.00 bits per heavy atom. The predicted molar refractivity (Wildman–Crippen MR) is 81.8 cm³/mol. The summed E-state index contributed by atoms with van der Waals surface area (Å²) in [5.74, 6) is -0.372. The molecule has 21 heavy (non-hydrogen) atoms. The first kappa shape index (κ1) is 14.8. The maximum Gasteiger partial charge on any atom is 0.270 e. The van der Waals surface area contributed by atoms with Gasteiger partial charge in [-0.2, -0.15) is 0 Å². The molecule has 2 amide bonds. The van der Waals surface area contributed by atoms with E-state index in [1.807, 2.05) is 38.1 Å². The van der Waals surface area contributed by atoms with Gasteiger partial charge in [-0.15, -0.1) is 0 Å². The Hall–Kier alpha value is -2.63. The van der Waals surface area contributed by atoms with Crippen LogP contribution in [0.25, 0.3) is 10.8 Å². The number of hydrogen-bond acceptors (Lipinski definition) is 4. The first-order valence-electron chi connectivity index (χ1n) is 6.70. The fraction of sp³-hybridized carbons (Fsp3) is 0.267. The van der Waals surface area contributed by atoms with Crippen molar-refractivity contribution in [3.8, 4) is 0 Å². The van der Waals surface area contributed by atoms with E-state index >= 15 is 0 Å². The molecule has 6 heteroatoms. The molecule has 1 aromatic heterocycles. The van der Waals surface area contributed by atoms with Gasteiger partial charge >= 0.3 is 0 Å². The Labute approximate surface area is 122 Å². The zero-order chi connectivity index (χ0) is 15.4. The van der Waals surface area contributed by atoms with Crippen LogP contribution < -0.4 is 16.4 Å². The third-order valence-electron chi connectivity index (χ3n) is 2.86. The molecule has 2 aromatic rings. The summed E-state index contributed by atoms with van der Waals surface area (Å²) in [6, 6.07) is 9.10. The number of pyridine rings is 1. The first-order valence-corrected chi connectivity index (χ1v) is 6.70. The summed E-state index contributed by atoms with van der Waals surface area (Å²) in [5, 5.41) is 6.85. The molecule has 1 heterocycles. The highest BCUT2D eigenvalue weighted by molar-refractivity contribution is 6.00. The average molecular weight is 286 g/mol. The number of fused-ring (bicyclic) bond motifs is 1. The van der Waals surface area contributed by atoms with Gasteiger partial charge in [0, 0.05) is 11.4 Å². The molecule has 2 rings (SSSR count). The lowest BCUT2D eigenvalue weighted by Gasteiger charge is -2.10. The summed E-state index contributed by atoms with van der Waals surface area (Å²) < 4.78 is 0. The van der Waals surface area contributed by atoms with Crippen LogP contribution in [-0.2, 0) is 4.79 Å². The molecule has 0 aliphatic carbocycles. The van der Waals surface area contributed by atoms with E-state index in [2.05, 4.69) is 15.6 Å². The number of hydrogen-bond donors (Lipinski definition) is 3. The van der Waals surface area contributed by atoms with Crippen molar-refractivity contribution >= 4 is 28.4 Å². The number of aromatic nitrogens is 1. The van der Waals surface area contributed by atoms with E-state index in [0.29, 0.717) is 5.82 Å². The van der Waals surface area contributed by atoms with Crippen LogP contribution in [0.2, 0.25) is 0 Å². The minimum absolute atomic E-state index is 0.0313. The number of benzene rings is 1. The number of nitrogen functional groups attached to an aromatic ring is 1. The Bertz CT molecular complexity index is 682. The third kappa shape index (κ3) is 3.68. The molecule has 0 aliphatic rings. The molecule has 0 atom stereocenters. The number of carbonyl (C=O) groups is 2. The van der Waals surface area contributed by atoms with Crippen molar-refractivity contribution in [3.63, 3.8) is 0 Å². The fourth-order valence-corrected chi connectivity index (χ4v) is 1.97. The normalized spacial score (nSPS) is 10.6. The second-order valence-corrected chi connectivity index (χ2v) is 5.02. The summed E-state index contributed by atoms with van der Waals surface area (Å²) in [6.07, 6.45) is 0. The van der Waals surface area contributed by atoms with E-state index in [9.17, 15) is 9.59 Å². The van der Waals surface area contributed by atoms with Gasteiger partial charge in [0.05, 0.1) is 6.54 Å². The van der Waals surface area contributed by atoms with Gasteiger partial charge < -0.3 is 16.4 Å². The molecule has 0 bridgehead atoms. The maximum absolute atomic E-state index is 12.0. The summed E-state index contributed by atoms with van der Waals surface area (Å²) in [4.78, 5) is 27.6. The van der Waals surface area contributed by atoms with Gasteiger partial charge in [0.1, 0.15) is 11.5 Å². The number of nitrogens with one attached hydrogen (secondary N) is 2. The van der Waals surface area contributed by atoms with Crippen molar-refractivity contribution in [1.82, 2.24) is 15.6 Å². The molecular weight excluding hydrogens is 268 g/mol. The van der Waals surface area contributed by atoms with Crippen molar-refractivity contribution in [2.45, 2.75) is 19.9 Å². The third-order valence-corrected chi connectivity index (χ3v) is 2.86. The van der Waals surface area contributed by atoms with Crippen LogP contribution in [0.3, 0.4) is 0 Å². The monoisotopic (exact) mass is 286 g/mol. The van der Waals surface area contributed by atoms with Crippen LogP contribution >= 0.6 is 0 Å². The Morgan fingerprint density at radius 1 is 1.29 bits per heavy atom. The van der Waals surface area contributed by atoms with Crippen LogP contribution in [0.4, 0.5) is 5.82 Å².